The van der Waals surface area contributed by atoms with Gasteiger partial charge in [0, 0.05) is 11.0 Å². The van der Waals surface area contributed by atoms with Gasteiger partial charge in [0.2, 0.25) is 0 Å². The van der Waals surface area contributed by atoms with Gasteiger partial charge in [0.1, 0.15) is 0 Å². The van der Waals surface area contributed by atoms with E-state index in [9.17, 15) is 0 Å². The van der Waals surface area contributed by atoms with E-state index in [2.05, 4.69) is 43.7 Å². The summed E-state index contributed by atoms with van der Waals surface area (Å²) in [6.07, 6.45) is 15.8. The summed E-state index contributed by atoms with van der Waals surface area (Å²) in [6.45, 7) is 4.14. The molecule has 0 heterocycles. The van der Waals surface area contributed by atoms with Crippen LogP contribution in [-0.4, -0.2) is 0 Å². The molecule has 0 fully saturated rings. The number of rotatable bonds is 2. The van der Waals surface area contributed by atoms with Crippen LogP contribution in [0.5, 0.6) is 0 Å². The van der Waals surface area contributed by atoms with E-state index in [1.54, 1.807) is 6.08 Å². The fourth-order valence-corrected chi connectivity index (χ4v) is 2.04. The van der Waals surface area contributed by atoms with Crippen LogP contribution >= 0.6 is 12.6 Å². The first-order valence-electron chi connectivity index (χ1n) is 5.10. The Balaban J connectivity index is 3.06. The van der Waals surface area contributed by atoms with Gasteiger partial charge < -0.3 is 0 Å². The summed E-state index contributed by atoms with van der Waals surface area (Å²) >= 11 is 4.42. The predicted octanol–water partition coefficient (Wildman–Crippen LogP) is 4.05. The van der Waals surface area contributed by atoms with Crippen molar-refractivity contribution in [3.05, 3.63) is 45.9 Å². The molecule has 78 valence electrons. The molecule has 1 aliphatic rings. The van der Waals surface area contributed by atoms with Crippen molar-refractivity contribution in [2.45, 2.75) is 26.7 Å². The molecular weight excluding hydrogens is 200 g/mol. The number of hydrogen-bond acceptors (Lipinski definition) is 1. The van der Waals surface area contributed by atoms with Crippen LogP contribution in [0.2, 0.25) is 0 Å². The Morgan fingerprint density at radius 3 is 2.67 bits per heavy atom. The molecule has 0 N–H and O–H groups in total. The third-order valence-electron chi connectivity index (χ3n) is 2.47. The zero-order chi connectivity index (χ0) is 11.3. The quantitative estimate of drug-likeness (QED) is 0.402. The van der Waals surface area contributed by atoms with Crippen molar-refractivity contribution in [3.63, 3.8) is 0 Å². The first-order chi connectivity index (χ1) is 7.20. The number of terminal acetylenes is 1. The van der Waals surface area contributed by atoms with Gasteiger partial charge in [0.05, 0.1) is 0 Å². The van der Waals surface area contributed by atoms with Crippen LogP contribution in [0.25, 0.3) is 0 Å². The monoisotopic (exact) mass is 216 g/mol. The van der Waals surface area contributed by atoms with Crippen molar-refractivity contribution in [1.82, 2.24) is 0 Å². The van der Waals surface area contributed by atoms with E-state index in [1.165, 1.54) is 11.1 Å². The van der Waals surface area contributed by atoms with Crippen molar-refractivity contribution in [2.75, 3.05) is 0 Å². The zero-order valence-electron chi connectivity index (χ0n) is 9.25. The maximum atomic E-state index is 5.25. The summed E-state index contributed by atoms with van der Waals surface area (Å²) in [7, 11) is 0. The number of allylic oxidation sites excluding steroid dienone is 7. The average molecular weight is 216 g/mol. The van der Waals surface area contributed by atoms with Gasteiger partial charge in [-0.2, -0.15) is 0 Å². The summed E-state index contributed by atoms with van der Waals surface area (Å²) < 4.78 is 0. The topological polar surface area (TPSA) is 0 Å². The van der Waals surface area contributed by atoms with Gasteiger partial charge >= 0.3 is 0 Å². The van der Waals surface area contributed by atoms with E-state index in [4.69, 9.17) is 6.42 Å². The van der Waals surface area contributed by atoms with Crippen molar-refractivity contribution in [2.24, 2.45) is 0 Å². The Morgan fingerprint density at radius 2 is 2.13 bits per heavy atom. The molecule has 0 aromatic rings. The molecule has 0 radical (unpaired) electrons. The SMILES string of the molecule is C#C/C=C(S)\C(=C/C)C1=CCCC=C1C. The maximum Gasteiger partial charge on any atom is 0.0199 e. The highest BCUT2D eigenvalue weighted by Crippen LogP contribution is 2.30. The Hall–Kier alpha value is -1.13. The molecule has 0 amide bonds. The minimum Gasteiger partial charge on any atom is -0.142 e. The van der Waals surface area contributed by atoms with Gasteiger partial charge in [-0.1, -0.05) is 24.1 Å². The van der Waals surface area contributed by atoms with Gasteiger partial charge in [-0.05, 0) is 43.4 Å². The van der Waals surface area contributed by atoms with E-state index < -0.39 is 0 Å². The lowest BCUT2D eigenvalue weighted by molar-refractivity contribution is 0.995. The summed E-state index contributed by atoms with van der Waals surface area (Å²) in [5, 5.41) is 0. The normalized spacial score (nSPS) is 18.0. The lowest BCUT2D eigenvalue weighted by atomic mass is 9.92. The van der Waals surface area contributed by atoms with Gasteiger partial charge in [-0.3, -0.25) is 0 Å². The highest BCUT2D eigenvalue weighted by Gasteiger charge is 2.10. The Labute approximate surface area is 97.9 Å². The average Bonchev–Trinajstić information content (AvgIpc) is 2.22. The fraction of sp³-hybridized carbons (Fsp3) is 0.286. The van der Waals surface area contributed by atoms with Crippen LogP contribution in [0.1, 0.15) is 26.7 Å². The molecule has 0 aliphatic heterocycles. The predicted molar refractivity (Wildman–Crippen MR) is 70.7 cm³/mol. The zero-order valence-corrected chi connectivity index (χ0v) is 10.1. The van der Waals surface area contributed by atoms with Crippen LogP contribution in [-0.2, 0) is 0 Å². The fourth-order valence-electron chi connectivity index (χ4n) is 1.72. The van der Waals surface area contributed by atoms with Crippen molar-refractivity contribution < 1.29 is 0 Å². The van der Waals surface area contributed by atoms with Crippen molar-refractivity contribution >= 4 is 12.6 Å². The lowest BCUT2D eigenvalue weighted by Crippen LogP contribution is -1.96. The molecule has 0 unspecified atom stereocenters. The molecule has 15 heavy (non-hydrogen) atoms. The molecule has 0 bridgehead atoms. The van der Waals surface area contributed by atoms with Gasteiger partial charge in [-0.15, -0.1) is 19.1 Å². The van der Waals surface area contributed by atoms with Gasteiger partial charge in [0.15, 0.2) is 0 Å². The van der Waals surface area contributed by atoms with Crippen LogP contribution < -0.4 is 0 Å². The highest BCUT2D eigenvalue weighted by molar-refractivity contribution is 7.84. The molecular formula is C14H16S. The van der Waals surface area contributed by atoms with E-state index in [0.717, 1.165) is 23.3 Å². The van der Waals surface area contributed by atoms with Gasteiger partial charge in [0.25, 0.3) is 0 Å². The van der Waals surface area contributed by atoms with E-state index >= 15 is 0 Å². The van der Waals surface area contributed by atoms with Gasteiger partial charge in [-0.25, -0.2) is 0 Å². The smallest absolute Gasteiger partial charge is 0.0199 e. The van der Waals surface area contributed by atoms with Crippen LogP contribution in [0, 0.1) is 12.3 Å². The third-order valence-corrected chi connectivity index (χ3v) is 2.84. The molecule has 0 aromatic carbocycles. The molecule has 0 spiro atoms. The Kier molecular flexibility index (Phi) is 4.52. The summed E-state index contributed by atoms with van der Waals surface area (Å²) in [4.78, 5) is 0.862. The molecule has 0 saturated heterocycles. The van der Waals surface area contributed by atoms with Crippen molar-refractivity contribution in [1.29, 1.82) is 0 Å². The third kappa shape index (κ3) is 2.91. The van der Waals surface area contributed by atoms with Crippen LogP contribution in [0.4, 0.5) is 0 Å². The molecule has 0 aromatic heterocycles. The van der Waals surface area contributed by atoms with Crippen LogP contribution in [0.15, 0.2) is 45.9 Å². The first kappa shape index (κ1) is 11.9. The largest absolute Gasteiger partial charge is 0.142 e. The number of thiol groups is 1. The Morgan fingerprint density at radius 1 is 1.47 bits per heavy atom. The molecule has 0 saturated carbocycles. The summed E-state index contributed by atoms with van der Waals surface area (Å²) in [5.74, 6) is 2.51. The number of hydrogen-bond donors (Lipinski definition) is 1. The molecule has 0 nitrogen and oxygen atoms in total. The minimum absolute atomic E-state index is 0.862. The summed E-state index contributed by atoms with van der Waals surface area (Å²) in [5.41, 5.74) is 3.70. The second-order valence-corrected chi connectivity index (χ2v) is 3.96. The summed E-state index contributed by atoms with van der Waals surface area (Å²) in [6, 6.07) is 0. The molecule has 0 atom stereocenters. The standard InChI is InChI=1S/C14H16S/c1-4-8-14(15)12(5-2)13-10-7-6-9-11(13)3/h1,5,8-10,15H,6-7H2,2-3H3/b12-5-,14-8+. The maximum absolute atomic E-state index is 5.25. The molecule has 1 heteroatoms. The second kappa shape index (κ2) is 5.68. The van der Waals surface area contributed by atoms with Crippen LogP contribution in [0.3, 0.4) is 0 Å². The van der Waals surface area contributed by atoms with E-state index in [1.807, 2.05) is 6.92 Å². The minimum atomic E-state index is 0.862. The Bertz CT molecular complexity index is 398. The lowest BCUT2D eigenvalue weighted by Gasteiger charge is -2.16. The second-order valence-electron chi connectivity index (χ2n) is 3.48. The first-order valence-corrected chi connectivity index (χ1v) is 5.55. The molecule has 1 aliphatic carbocycles. The van der Waals surface area contributed by atoms with E-state index in [0.29, 0.717) is 0 Å². The molecule has 1 rings (SSSR count). The van der Waals surface area contributed by atoms with E-state index in [-0.39, 0.29) is 0 Å². The van der Waals surface area contributed by atoms with Crippen molar-refractivity contribution in [3.8, 4) is 12.3 Å². The highest BCUT2D eigenvalue weighted by atomic mass is 32.1.